The molecule has 1 aromatic carbocycles. The molecule has 0 amide bonds. The van der Waals surface area contributed by atoms with E-state index in [1.165, 1.54) is 12.8 Å². The lowest BCUT2D eigenvalue weighted by Crippen LogP contribution is -1.89. The van der Waals surface area contributed by atoms with Crippen LogP contribution in [0.1, 0.15) is 24.5 Å². The molecule has 3 heteroatoms. The van der Waals surface area contributed by atoms with Gasteiger partial charge in [0.15, 0.2) is 0 Å². The maximum atomic E-state index is 6.18. The van der Waals surface area contributed by atoms with E-state index in [2.05, 4.69) is 11.1 Å². The monoisotopic (exact) mass is 233 g/mol. The molecule has 16 heavy (non-hydrogen) atoms. The first-order chi connectivity index (χ1) is 7.78. The zero-order chi connectivity index (χ0) is 11.1. The molecular formula is C13H12ClNO. The Morgan fingerprint density at radius 1 is 1.31 bits per heavy atom. The van der Waals surface area contributed by atoms with E-state index in [4.69, 9.17) is 16.3 Å². The van der Waals surface area contributed by atoms with Gasteiger partial charge in [-0.05, 0) is 42.5 Å². The highest BCUT2D eigenvalue weighted by atomic mass is 35.5. The topological polar surface area (TPSA) is 22.1 Å². The zero-order valence-corrected chi connectivity index (χ0v) is 9.79. The van der Waals surface area contributed by atoms with E-state index < -0.39 is 0 Å². The molecular weight excluding hydrogens is 222 g/mol. The number of hydrogen-bond donors (Lipinski definition) is 0. The summed E-state index contributed by atoms with van der Waals surface area (Å²) < 4.78 is 5.21. The average molecular weight is 234 g/mol. The van der Waals surface area contributed by atoms with Crippen molar-refractivity contribution in [3.05, 3.63) is 35.1 Å². The molecule has 0 bridgehead atoms. The van der Waals surface area contributed by atoms with Crippen molar-refractivity contribution in [2.75, 3.05) is 7.11 Å². The fraction of sp³-hybridized carbons (Fsp3) is 0.308. The van der Waals surface area contributed by atoms with Gasteiger partial charge < -0.3 is 4.74 Å². The zero-order valence-electron chi connectivity index (χ0n) is 9.03. The molecule has 1 aliphatic rings. The highest BCUT2D eigenvalue weighted by molar-refractivity contribution is 6.34. The number of methoxy groups -OCH3 is 1. The van der Waals surface area contributed by atoms with Gasteiger partial charge in [-0.3, -0.25) is 0 Å². The van der Waals surface area contributed by atoms with Crippen LogP contribution < -0.4 is 4.74 Å². The van der Waals surface area contributed by atoms with E-state index in [9.17, 15) is 0 Å². The predicted molar refractivity (Wildman–Crippen MR) is 65.3 cm³/mol. The molecule has 0 spiro atoms. The van der Waals surface area contributed by atoms with Crippen LogP contribution in [0.3, 0.4) is 0 Å². The van der Waals surface area contributed by atoms with Crippen LogP contribution in [0.15, 0.2) is 24.3 Å². The summed E-state index contributed by atoms with van der Waals surface area (Å²) in [6, 6.07) is 8.00. The second kappa shape index (κ2) is 3.63. The standard InChI is InChI=1S/C13H12ClNO/c1-16-10-4-5-11-9(6-10)7-12(8-2-3-8)15-13(11)14/h4-8H,2-3H2,1H3. The van der Waals surface area contributed by atoms with Gasteiger partial charge in [0.2, 0.25) is 0 Å². The molecule has 1 aromatic heterocycles. The normalized spacial score (nSPS) is 15.4. The Bertz CT molecular complexity index is 549. The second-order valence-electron chi connectivity index (χ2n) is 4.20. The van der Waals surface area contributed by atoms with Crippen molar-refractivity contribution in [1.82, 2.24) is 4.98 Å². The molecule has 0 radical (unpaired) electrons. The SMILES string of the molecule is COc1ccc2c(Cl)nc(C3CC3)cc2c1. The largest absolute Gasteiger partial charge is 0.497 e. The number of pyridine rings is 1. The van der Waals surface area contributed by atoms with Crippen molar-refractivity contribution in [2.45, 2.75) is 18.8 Å². The fourth-order valence-electron chi connectivity index (χ4n) is 1.93. The Labute approximate surface area is 99.2 Å². The van der Waals surface area contributed by atoms with Gasteiger partial charge in [0, 0.05) is 17.0 Å². The number of hydrogen-bond acceptors (Lipinski definition) is 2. The van der Waals surface area contributed by atoms with Gasteiger partial charge in [-0.2, -0.15) is 0 Å². The predicted octanol–water partition coefficient (Wildman–Crippen LogP) is 3.77. The maximum Gasteiger partial charge on any atom is 0.137 e. The number of aromatic nitrogens is 1. The molecule has 2 nitrogen and oxygen atoms in total. The van der Waals surface area contributed by atoms with Gasteiger partial charge >= 0.3 is 0 Å². The first-order valence-corrected chi connectivity index (χ1v) is 5.80. The van der Waals surface area contributed by atoms with Crippen molar-refractivity contribution in [3.63, 3.8) is 0 Å². The Balaban J connectivity index is 2.21. The summed E-state index contributed by atoms with van der Waals surface area (Å²) in [4.78, 5) is 4.44. The Hall–Kier alpha value is -1.28. The first-order valence-electron chi connectivity index (χ1n) is 5.42. The molecule has 1 aliphatic carbocycles. The number of halogens is 1. The molecule has 3 rings (SSSR count). The summed E-state index contributed by atoms with van der Waals surface area (Å²) in [5.41, 5.74) is 1.12. The molecule has 0 aliphatic heterocycles. The summed E-state index contributed by atoms with van der Waals surface area (Å²) in [6.07, 6.45) is 2.47. The minimum absolute atomic E-state index is 0.599. The lowest BCUT2D eigenvalue weighted by atomic mass is 10.1. The number of fused-ring (bicyclic) bond motifs is 1. The minimum atomic E-state index is 0.599. The van der Waals surface area contributed by atoms with E-state index in [0.29, 0.717) is 11.1 Å². The van der Waals surface area contributed by atoms with Gasteiger partial charge in [-0.15, -0.1) is 0 Å². The lowest BCUT2D eigenvalue weighted by molar-refractivity contribution is 0.415. The van der Waals surface area contributed by atoms with E-state index in [0.717, 1.165) is 22.2 Å². The van der Waals surface area contributed by atoms with Gasteiger partial charge in [0.05, 0.1) is 7.11 Å². The number of benzene rings is 1. The van der Waals surface area contributed by atoms with Gasteiger partial charge in [-0.25, -0.2) is 4.98 Å². The van der Waals surface area contributed by atoms with Crippen LogP contribution in [0.5, 0.6) is 5.75 Å². The van der Waals surface area contributed by atoms with Crippen LogP contribution in [0.25, 0.3) is 10.8 Å². The molecule has 2 aromatic rings. The van der Waals surface area contributed by atoms with Crippen LogP contribution >= 0.6 is 11.6 Å². The molecule has 0 saturated heterocycles. The summed E-state index contributed by atoms with van der Waals surface area (Å²) >= 11 is 6.18. The molecule has 0 N–H and O–H groups in total. The summed E-state index contributed by atoms with van der Waals surface area (Å²) in [7, 11) is 1.67. The molecule has 0 unspecified atom stereocenters. The summed E-state index contributed by atoms with van der Waals surface area (Å²) in [5, 5.41) is 2.70. The van der Waals surface area contributed by atoms with Crippen molar-refractivity contribution in [3.8, 4) is 5.75 Å². The summed E-state index contributed by atoms with van der Waals surface area (Å²) in [5.74, 6) is 1.48. The number of nitrogens with zero attached hydrogens (tertiary/aromatic N) is 1. The van der Waals surface area contributed by atoms with Crippen molar-refractivity contribution < 1.29 is 4.74 Å². The highest BCUT2D eigenvalue weighted by Gasteiger charge is 2.25. The van der Waals surface area contributed by atoms with Crippen LogP contribution in [0.2, 0.25) is 5.15 Å². The van der Waals surface area contributed by atoms with E-state index in [1.54, 1.807) is 7.11 Å². The van der Waals surface area contributed by atoms with Crippen molar-refractivity contribution in [2.24, 2.45) is 0 Å². The molecule has 0 atom stereocenters. The van der Waals surface area contributed by atoms with Gasteiger partial charge in [0.25, 0.3) is 0 Å². The smallest absolute Gasteiger partial charge is 0.137 e. The lowest BCUT2D eigenvalue weighted by Gasteiger charge is -2.06. The van der Waals surface area contributed by atoms with Crippen molar-refractivity contribution in [1.29, 1.82) is 0 Å². The highest BCUT2D eigenvalue weighted by Crippen LogP contribution is 2.41. The quantitative estimate of drug-likeness (QED) is 0.737. The maximum absolute atomic E-state index is 6.18. The molecule has 1 saturated carbocycles. The number of ether oxygens (including phenoxy) is 1. The third kappa shape index (κ3) is 1.63. The van der Waals surface area contributed by atoms with Crippen molar-refractivity contribution >= 4 is 22.4 Å². The van der Waals surface area contributed by atoms with Crippen LogP contribution in [-0.2, 0) is 0 Å². The van der Waals surface area contributed by atoms with Crippen LogP contribution in [0, 0.1) is 0 Å². The first kappa shape index (κ1) is 9.91. The Morgan fingerprint density at radius 2 is 2.12 bits per heavy atom. The fourth-order valence-corrected chi connectivity index (χ4v) is 2.20. The third-order valence-electron chi connectivity index (χ3n) is 3.01. The van der Waals surface area contributed by atoms with Gasteiger partial charge in [0.1, 0.15) is 10.9 Å². The molecule has 1 fully saturated rings. The Kier molecular flexibility index (Phi) is 2.25. The number of rotatable bonds is 2. The van der Waals surface area contributed by atoms with Crippen LogP contribution in [-0.4, -0.2) is 12.1 Å². The molecule has 1 heterocycles. The van der Waals surface area contributed by atoms with Gasteiger partial charge in [-0.1, -0.05) is 11.6 Å². The third-order valence-corrected chi connectivity index (χ3v) is 3.30. The van der Waals surface area contributed by atoms with E-state index in [1.807, 2.05) is 18.2 Å². The van der Waals surface area contributed by atoms with E-state index in [-0.39, 0.29) is 0 Å². The Morgan fingerprint density at radius 3 is 2.81 bits per heavy atom. The minimum Gasteiger partial charge on any atom is -0.497 e. The molecule has 82 valence electrons. The second-order valence-corrected chi connectivity index (χ2v) is 4.56. The van der Waals surface area contributed by atoms with Crippen LogP contribution in [0.4, 0.5) is 0 Å². The summed E-state index contributed by atoms with van der Waals surface area (Å²) in [6.45, 7) is 0. The average Bonchev–Trinajstić information content (AvgIpc) is 3.12. The van der Waals surface area contributed by atoms with E-state index >= 15 is 0 Å².